The van der Waals surface area contributed by atoms with Gasteiger partial charge in [-0.2, -0.15) is 0 Å². The zero-order valence-corrected chi connectivity index (χ0v) is 15.8. The van der Waals surface area contributed by atoms with Crippen LogP contribution in [0.3, 0.4) is 0 Å². The van der Waals surface area contributed by atoms with Crippen LogP contribution in [0.4, 0.5) is 0 Å². The Morgan fingerprint density at radius 2 is 2.00 bits per heavy atom. The molecule has 1 saturated heterocycles. The summed E-state index contributed by atoms with van der Waals surface area (Å²) in [6.45, 7) is 9.05. The molecule has 1 unspecified atom stereocenters. The van der Waals surface area contributed by atoms with Gasteiger partial charge in [0, 0.05) is 25.7 Å². The Balaban J connectivity index is 1.76. The van der Waals surface area contributed by atoms with Crippen LogP contribution in [0.5, 0.6) is 5.75 Å². The number of amides is 1. The van der Waals surface area contributed by atoms with Gasteiger partial charge in [0.25, 0.3) is 5.91 Å². The Morgan fingerprint density at radius 1 is 1.23 bits per heavy atom. The number of carbonyl (C=O) groups excluding carboxylic acids is 1. The zero-order chi connectivity index (χ0) is 18.8. The van der Waals surface area contributed by atoms with E-state index in [1.54, 1.807) is 18.2 Å². The van der Waals surface area contributed by atoms with E-state index in [1.807, 2.05) is 6.92 Å². The van der Waals surface area contributed by atoms with Gasteiger partial charge in [-0.05, 0) is 45.0 Å². The lowest BCUT2D eigenvalue weighted by molar-refractivity contribution is 0.0951. The molecule has 26 heavy (non-hydrogen) atoms. The molecule has 0 spiro atoms. The van der Waals surface area contributed by atoms with Crippen LogP contribution in [-0.2, 0) is 0 Å². The normalized spacial score (nSPS) is 17.9. The van der Waals surface area contributed by atoms with Gasteiger partial charge in [0.1, 0.15) is 5.75 Å². The summed E-state index contributed by atoms with van der Waals surface area (Å²) >= 11 is 0. The lowest BCUT2D eigenvalue weighted by Gasteiger charge is -2.21. The van der Waals surface area contributed by atoms with Crippen molar-refractivity contribution in [3.8, 4) is 5.75 Å². The van der Waals surface area contributed by atoms with Crippen molar-refractivity contribution in [3.63, 3.8) is 0 Å². The minimum atomic E-state index is -0.281. The smallest absolute Gasteiger partial charge is 0.255 e. The van der Waals surface area contributed by atoms with Crippen LogP contribution in [-0.4, -0.2) is 67.2 Å². The van der Waals surface area contributed by atoms with E-state index in [1.165, 1.54) is 25.5 Å². The molecule has 7 heteroatoms. The number of likely N-dealkylation sites (N-methyl/N-ethyl adjacent to an activating group) is 1. The van der Waals surface area contributed by atoms with Gasteiger partial charge in [-0.1, -0.05) is 19.1 Å². The fourth-order valence-corrected chi connectivity index (χ4v) is 3.17. The first-order valence-electron chi connectivity index (χ1n) is 9.48. The Hall–Kier alpha value is -2.28. The summed E-state index contributed by atoms with van der Waals surface area (Å²) in [5.74, 6) is 0.480. The Kier molecular flexibility index (Phi) is 8.21. The van der Waals surface area contributed by atoms with Crippen LogP contribution in [0.25, 0.3) is 0 Å². The molecule has 144 valence electrons. The van der Waals surface area contributed by atoms with Crippen molar-refractivity contribution in [2.24, 2.45) is 4.99 Å². The van der Waals surface area contributed by atoms with Crippen LogP contribution >= 0.6 is 0 Å². The number of rotatable bonds is 8. The van der Waals surface area contributed by atoms with E-state index in [9.17, 15) is 9.90 Å². The highest BCUT2D eigenvalue weighted by atomic mass is 16.3. The maximum Gasteiger partial charge on any atom is 0.255 e. The number of hydrogen-bond donors (Lipinski definition) is 4. The lowest BCUT2D eigenvalue weighted by Crippen LogP contribution is -2.42. The number of phenols is 1. The Morgan fingerprint density at radius 3 is 2.73 bits per heavy atom. The summed E-state index contributed by atoms with van der Waals surface area (Å²) in [6.07, 6.45) is 2.45. The summed E-state index contributed by atoms with van der Waals surface area (Å²) in [6, 6.07) is 7.05. The Bertz CT molecular complexity index is 605. The van der Waals surface area contributed by atoms with Gasteiger partial charge < -0.3 is 21.1 Å². The largest absolute Gasteiger partial charge is 0.507 e. The third-order valence-electron chi connectivity index (χ3n) is 4.56. The second-order valence-electron chi connectivity index (χ2n) is 6.34. The number of nitrogens with one attached hydrogen (secondary N) is 3. The molecule has 1 aliphatic rings. The molecule has 0 radical (unpaired) electrons. The summed E-state index contributed by atoms with van der Waals surface area (Å²) in [4.78, 5) is 19.2. The molecule has 4 N–H and O–H groups in total. The van der Waals surface area contributed by atoms with E-state index >= 15 is 0 Å². The quantitative estimate of drug-likeness (QED) is 0.317. The van der Waals surface area contributed by atoms with Crippen molar-refractivity contribution in [1.29, 1.82) is 0 Å². The van der Waals surface area contributed by atoms with Crippen LogP contribution in [0.1, 0.15) is 37.0 Å². The molecule has 1 aromatic carbocycles. The molecular weight excluding hydrogens is 330 g/mol. The maximum absolute atomic E-state index is 12.1. The molecule has 1 heterocycles. The fourth-order valence-electron chi connectivity index (χ4n) is 3.17. The topological polar surface area (TPSA) is 89.0 Å². The average Bonchev–Trinajstić information content (AvgIpc) is 3.10. The second kappa shape index (κ2) is 10.7. The van der Waals surface area contributed by atoms with Gasteiger partial charge in [0.2, 0.25) is 0 Å². The number of benzene rings is 1. The standard InChI is InChI=1S/C19H31N5O2/c1-3-20-19(23-14-15-8-7-13-24(15)4-2)22-12-11-21-18(26)16-9-5-6-10-17(16)25/h5-6,9-10,15,25H,3-4,7-8,11-14H2,1-2H3,(H,21,26)(H2,20,22,23). The van der Waals surface area contributed by atoms with Gasteiger partial charge in [0.15, 0.2) is 5.96 Å². The van der Waals surface area contributed by atoms with Crippen molar-refractivity contribution in [3.05, 3.63) is 29.8 Å². The average molecular weight is 361 g/mol. The van der Waals surface area contributed by atoms with Crippen molar-refractivity contribution in [1.82, 2.24) is 20.9 Å². The van der Waals surface area contributed by atoms with Gasteiger partial charge in [-0.15, -0.1) is 0 Å². The minimum absolute atomic E-state index is 0.00935. The van der Waals surface area contributed by atoms with Crippen molar-refractivity contribution >= 4 is 11.9 Å². The third kappa shape index (κ3) is 5.91. The van der Waals surface area contributed by atoms with Crippen LogP contribution < -0.4 is 16.0 Å². The summed E-state index contributed by atoms with van der Waals surface area (Å²) < 4.78 is 0. The maximum atomic E-state index is 12.1. The summed E-state index contributed by atoms with van der Waals surface area (Å²) in [7, 11) is 0. The molecule has 1 atom stereocenters. The SMILES string of the molecule is CCNC(=NCC1CCCN1CC)NCCNC(=O)c1ccccc1O. The monoisotopic (exact) mass is 361 g/mol. The molecule has 7 nitrogen and oxygen atoms in total. The summed E-state index contributed by atoms with van der Waals surface area (Å²) in [5.41, 5.74) is 0.286. The van der Waals surface area contributed by atoms with E-state index in [0.717, 1.165) is 25.6 Å². The van der Waals surface area contributed by atoms with Crippen LogP contribution in [0, 0.1) is 0 Å². The highest BCUT2D eigenvalue weighted by Gasteiger charge is 2.22. The minimum Gasteiger partial charge on any atom is -0.507 e. The van der Waals surface area contributed by atoms with Gasteiger partial charge in [-0.25, -0.2) is 0 Å². The predicted octanol–water partition coefficient (Wildman–Crippen LogP) is 1.16. The molecule has 0 aromatic heterocycles. The highest BCUT2D eigenvalue weighted by Crippen LogP contribution is 2.16. The summed E-state index contributed by atoms with van der Waals surface area (Å²) in [5, 5.41) is 19.0. The number of aliphatic imine (C=N–C) groups is 1. The first-order chi connectivity index (χ1) is 12.7. The highest BCUT2D eigenvalue weighted by molar-refractivity contribution is 5.96. The number of aromatic hydroxyl groups is 1. The molecule has 1 aliphatic heterocycles. The van der Waals surface area contributed by atoms with Crippen LogP contribution in [0.15, 0.2) is 29.3 Å². The molecule has 0 aliphatic carbocycles. The van der Waals surface area contributed by atoms with Crippen LogP contribution in [0.2, 0.25) is 0 Å². The number of phenolic OH excluding ortho intramolecular Hbond substituents is 1. The van der Waals surface area contributed by atoms with Gasteiger partial charge in [-0.3, -0.25) is 14.7 Å². The van der Waals surface area contributed by atoms with E-state index < -0.39 is 0 Å². The number of hydrogen-bond acceptors (Lipinski definition) is 4. The van der Waals surface area contributed by atoms with E-state index in [4.69, 9.17) is 0 Å². The van der Waals surface area contributed by atoms with Gasteiger partial charge >= 0.3 is 0 Å². The molecule has 0 saturated carbocycles. The van der Waals surface area contributed by atoms with E-state index in [2.05, 4.69) is 32.8 Å². The molecular formula is C19H31N5O2. The lowest BCUT2D eigenvalue weighted by atomic mass is 10.2. The fraction of sp³-hybridized carbons (Fsp3) is 0.579. The van der Waals surface area contributed by atoms with Gasteiger partial charge in [0.05, 0.1) is 12.1 Å². The van der Waals surface area contributed by atoms with Crippen molar-refractivity contribution in [2.75, 3.05) is 39.3 Å². The second-order valence-corrected chi connectivity index (χ2v) is 6.34. The molecule has 0 bridgehead atoms. The molecule has 2 rings (SSSR count). The number of carbonyl (C=O) groups is 1. The third-order valence-corrected chi connectivity index (χ3v) is 4.56. The van der Waals surface area contributed by atoms with E-state index in [-0.39, 0.29) is 17.2 Å². The number of guanidine groups is 1. The van der Waals surface area contributed by atoms with Crippen molar-refractivity contribution in [2.45, 2.75) is 32.7 Å². The number of likely N-dealkylation sites (tertiary alicyclic amines) is 1. The first kappa shape index (κ1) is 20.0. The number of nitrogens with zero attached hydrogens (tertiary/aromatic N) is 2. The zero-order valence-electron chi connectivity index (χ0n) is 15.8. The first-order valence-corrected chi connectivity index (χ1v) is 9.48. The number of para-hydroxylation sites is 1. The van der Waals surface area contributed by atoms with E-state index in [0.29, 0.717) is 19.1 Å². The predicted molar refractivity (Wildman–Crippen MR) is 105 cm³/mol. The van der Waals surface area contributed by atoms with Crippen molar-refractivity contribution < 1.29 is 9.90 Å². The molecule has 1 aromatic rings. The molecule has 1 amide bonds. The molecule has 1 fully saturated rings. The Labute approximate surface area is 155 Å².